The number of nitrogens with zero attached hydrogens (tertiary/aromatic N) is 3. The second-order valence-electron chi connectivity index (χ2n) is 4.87. The summed E-state index contributed by atoms with van der Waals surface area (Å²) in [6.07, 6.45) is 6.98. The zero-order valence-electron chi connectivity index (χ0n) is 10.8. The van der Waals surface area contributed by atoms with E-state index in [1.165, 1.54) is 17.4 Å². The van der Waals surface area contributed by atoms with E-state index in [-0.39, 0.29) is 5.69 Å². The molecule has 6 nitrogen and oxygen atoms in total. The first-order valence-corrected chi connectivity index (χ1v) is 7.79. The third-order valence-electron chi connectivity index (χ3n) is 3.63. The van der Waals surface area contributed by atoms with E-state index in [9.17, 15) is 4.79 Å². The van der Waals surface area contributed by atoms with E-state index in [1.54, 1.807) is 6.07 Å². The van der Waals surface area contributed by atoms with Crippen molar-refractivity contribution >= 4 is 23.2 Å². The number of nitrogens with one attached hydrogen (secondary N) is 2. The predicted molar refractivity (Wildman–Crippen MR) is 76.8 cm³/mol. The number of H-pyrrole nitrogens is 1. The average Bonchev–Trinajstić information content (AvgIpc) is 2.81. The van der Waals surface area contributed by atoms with Crippen molar-refractivity contribution < 1.29 is 0 Å². The largest absolute Gasteiger partial charge is 0.366 e. The van der Waals surface area contributed by atoms with Gasteiger partial charge >= 0.3 is 5.69 Å². The van der Waals surface area contributed by atoms with Crippen molar-refractivity contribution in [2.24, 2.45) is 0 Å². The lowest BCUT2D eigenvalue weighted by Crippen LogP contribution is -2.28. The molecule has 2 aromatic heterocycles. The van der Waals surface area contributed by atoms with Gasteiger partial charge in [0, 0.05) is 11.3 Å². The summed E-state index contributed by atoms with van der Waals surface area (Å²) < 4.78 is 1.29. The lowest BCUT2D eigenvalue weighted by Gasteiger charge is -2.28. The van der Waals surface area contributed by atoms with Crippen LogP contribution in [-0.4, -0.2) is 37.4 Å². The lowest BCUT2D eigenvalue weighted by molar-refractivity contribution is 0.471. The molecule has 0 saturated heterocycles. The molecule has 1 aliphatic carbocycles. The molecule has 0 unspecified atom stereocenters. The Kier molecular flexibility index (Phi) is 3.46. The molecule has 3 rings (SSSR count). The van der Waals surface area contributed by atoms with Gasteiger partial charge in [-0.15, -0.1) is 5.10 Å². The predicted octanol–water partition coefficient (Wildman–Crippen LogP) is 1.50. The summed E-state index contributed by atoms with van der Waals surface area (Å²) in [7, 11) is 0. The van der Waals surface area contributed by atoms with Gasteiger partial charge < -0.3 is 5.32 Å². The van der Waals surface area contributed by atoms with Crippen molar-refractivity contribution in [2.75, 3.05) is 11.6 Å². The molecule has 0 amide bonds. The molecule has 19 heavy (non-hydrogen) atoms. The van der Waals surface area contributed by atoms with Crippen molar-refractivity contribution in [3.63, 3.8) is 0 Å². The molecule has 2 N–H and O–H groups in total. The van der Waals surface area contributed by atoms with Crippen LogP contribution < -0.4 is 11.0 Å². The molecule has 102 valence electrons. The molecule has 2 aromatic rings. The molecule has 1 aliphatic rings. The zero-order chi connectivity index (χ0) is 13.2. The van der Waals surface area contributed by atoms with Crippen LogP contribution >= 0.6 is 11.8 Å². The average molecular weight is 279 g/mol. The molecule has 1 fully saturated rings. The van der Waals surface area contributed by atoms with E-state index in [4.69, 9.17) is 0 Å². The molecule has 0 aliphatic heterocycles. The summed E-state index contributed by atoms with van der Waals surface area (Å²) in [5.41, 5.74) is 0.242. The monoisotopic (exact) mass is 279 g/mol. The minimum Gasteiger partial charge on any atom is -0.366 e. The summed E-state index contributed by atoms with van der Waals surface area (Å²) in [5, 5.41) is 14.7. The van der Waals surface area contributed by atoms with E-state index in [1.807, 2.05) is 17.8 Å². The molecule has 2 heterocycles. The van der Waals surface area contributed by atoms with Gasteiger partial charge in [0.25, 0.3) is 0 Å². The van der Waals surface area contributed by atoms with Crippen molar-refractivity contribution in [2.45, 2.75) is 37.0 Å². The minimum atomic E-state index is -0.301. The third kappa shape index (κ3) is 2.60. The number of anilines is 1. The molecular weight excluding hydrogens is 262 g/mol. The van der Waals surface area contributed by atoms with E-state index < -0.39 is 0 Å². The molecule has 0 spiro atoms. The Morgan fingerprint density at radius 1 is 1.37 bits per heavy atom. The highest BCUT2D eigenvalue weighted by Gasteiger charge is 2.20. The Balaban J connectivity index is 1.71. The van der Waals surface area contributed by atoms with Crippen LogP contribution in [0.1, 0.15) is 25.7 Å². The SMILES string of the molecule is CSC1CCC(Nc2ccc3n[nH]c(=O)n3n2)CC1. The Labute approximate surface area is 115 Å². The van der Waals surface area contributed by atoms with Crippen LogP contribution in [0.25, 0.3) is 5.65 Å². The third-order valence-corrected chi connectivity index (χ3v) is 4.77. The van der Waals surface area contributed by atoms with E-state index in [0.29, 0.717) is 11.7 Å². The first kappa shape index (κ1) is 12.5. The van der Waals surface area contributed by atoms with Crippen molar-refractivity contribution in [1.82, 2.24) is 19.8 Å². The molecule has 0 atom stereocenters. The molecule has 0 radical (unpaired) electrons. The van der Waals surface area contributed by atoms with Gasteiger partial charge in [0.15, 0.2) is 5.65 Å². The highest BCUT2D eigenvalue weighted by molar-refractivity contribution is 7.99. The highest BCUT2D eigenvalue weighted by Crippen LogP contribution is 2.28. The van der Waals surface area contributed by atoms with Crippen molar-refractivity contribution in [3.8, 4) is 0 Å². The normalized spacial score (nSPS) is 23.6. The summed E-state index contributed by atoms with van der Waals surface area (Å²) in [6, 6.07) is 4.12. The number of fused-ring (bicyclic) bond motifs is 1. The molecule has 7 heteroatoms. The van der Waals surface area contributed by atoms with Gasteiger partial charge in [-0.25, -0.2) is 9.89 Å². The fourth-order valence-corrected chi connectivity index (χ4v) is 3.28. The van der Waals surface area contributed by atoms with Gasteiger partial charge in [0.1, 0.15) is 5.82 Å². The van der Waals surface area contributed by atoms with E-state index >= 15 is 0 Å². The van der Waals surface area contributed by atoms with Crippen LogP contribution in [-0.2, 0) is 0 Å². The number of hydrogen-bond acceptors (Lipinski definition) is 5. The Morgan fingerprint density at radius 3 is 2.89 bits per heavy atom. The maximum Gasteiger partial charge on any atom is 0.364 e. The first-order valence-electron chi connectivity index (χ1n) is 6.50. The van der Waals surface area contributed by atoms with Crippen LogP contribution in [0.4, 0.5) is 5.82 Å². The van der Waals surface area contributed by atoms with Crippen LogP contribution in [0, 0.1) is 0 Å². The first-order chi connectivity index (χ1) is 9.26. The molecular formula is C12H17N5OS. The second-order valence-corrected chi connectivity index (χ2v) is 6.01. The van der Waals surface area contributed by atoms with Gasteiger partial charge in [0.2, 0.25) is 0 Å². The quantitative estimate of drug-likeness (QED) is 0.890. The second kappa shape index (κ2) is 5.24. The fraction of sp³-hybridized carbons (Fsp3) is 0.583. The molecule has 0 bridgehead atoms. The topological polar surface area (TPSA) is 75.1 Å². The highest BCUT2D eigenvalue weighted by atomic mass is 32.2. The molecule has 1 saturated carbocycles. The minimum absolute atomic E-state index is 0.301. The summed E-state index contributed by atoms with van der Waals surface area (Å²) in [6.45, 7) is 0. The van der Waals surface area contributed by atoms with E-state index in [2.05, 4.69) is 26.9 Å². The van der Waals surface area contributed by atoms with E-state index in [0.717, 1.165) is 23.9 Å². The fourth-order valence-electron chi connectivity index (χ4n) is 2.53. The summed E-state index contributed by atoms with van der Waals surface area (Å²) in [5.74, 6) is 0.739. The maximum atomic E-state index is 11.5. The summed E-state index contributed by atoms with van der Waals surface area (Å²) >= 11 is 1.96. The number of aromatic amines is 1. The van der Waals surface area contributed by atoms with Gasteiger partial charge in [-0.05, 0) is 44.1 Å². The molecule has 0 aromatic carbocycles. The lowest BCUT2D eigenvalue weighted by atomic mass is 9.95. The maximum absolute atomic E-state index is 11.5. The van der Waals surface area contributed by atoms with Gasteiger partial charge in [-0.2, -0.15) is 21.4 Å². The van der Waals surface area contributed by atoms with Crippen molar-refractivity contribution in [1.29, 1.82) is 0 Å². The van der Waals surface area contributed by atoms with Gasteiger partial charge in [-0.3, -0.25) is 0 Å². The smallest absolute Gasteiger partial charge is 0.364 e. The van der Waals surface area contributed by atoms with Crippen LogP contribution in [0.2, 0.25) is 0 Å². The van der Waals surface area contributed by atoms with Crippen molar-refractivity contribution in [3.05, 3.63) is 22.6 Å². The Hall–Kier alpha value is -1.50. The number of hydrogen-bond donors (Lipinski definition) is 2. The van der Waals surface area contributed by atoms with Gasteiger partial charge in [-0.1, -0.05) is 0 Å². The van der Waals surface area contributed by atoms with Gasteiger partial charge in [0.05, 0.1) is 0 Å². The summed E-state index contributed by atoms with van der Waals surface area (Å²) in [4.78, 5) is 11.5. The Morgan fingerprint density at radius 2 is 2.16 bits per heavy atom. The van der Waals surface area contributed by atoms with Crippen LogP contribution in [0.5, 0.6) is 0 Å². The number of rotatable bonds is 3. The van der Waals surface area contributed by atoms with Crippen LogP contribution in [0.15, 0.2) is 16.9 Å². The van der Waals surface area contributed by atoms with Crippen LogP contribution in [0.3, 0.4) is 0 Å². The Bertz CT molecular complexity index is 614. The number of thioether (sulfide) groups is 1. The number of aromatic nitrogens is 4. The standard InChI is InChI=1S/C12H17N5OS/c1-19-9-4-2-8(3-5-9)13-10-6-7-11-14-15-12(18)17(11)16-10/h6-9H,2-5H2,1H3,(H,13,16)(H,15,18). The zero-order valence-corrected chi connectivity index (χ0v) is 11.6.